The Morgan fingerprint density at radius 2 is 2.08 bits per heavy atom. The number of guanidine groups is 1. The van der Waals surface area contributed by atoms with Crippen LogP contribution in [-0.2, 0) is 6.42 Å². The first-order valence-electron chi connectivity index (χ1n) is 8.84. The average Bonchev–Trinajstić information content (AvgIpc) is 3.02. The monoisotopic (exact) mass is 466 g/mol. The summed E-state index contributed by atoms with van der Waals surface area (Å²) < 4.78 is 26.6. The van der Waals surface area contributed by atoms with E-state index >= 15 is 0 Å². The molecule has 0 spiro atoms. The number of benzene rings is 1. The number of aliphatic imine (C=N–C) groups is 1. The molecule has 25 heavy (non-hydrogen) atoms. The zero-order chi connectivity index (χ0) is 17.4. The highest BCUT2D eigenvalue weighted by atomic mass is 127. The van der Waals surface area contributed by atoms with Crippen molar-refractivity contribution in [2.75, 3.05) is 32.7 Å². The Kier molecular flexibility index (Phi) is 10.3. The van der Waals surface area contributed by atoms with Gasteiger partial charge in [-0.25, -0.2) is 8.78 Å². The number of likely N-dealkylation sites (N-methyl/N-ethyl adjacent to an activating group) is 1. The number of rotatable bonds is 7. The van der Waals surface area contributed by atoms with E-state index in [9.17, 15) is 8.78 Å². The molecule has 1 aliphatic rings. The Bertz CT molecular complexity index is 554. The van der Waals surface area contributed by atoms with Crippen molar-refractivity contribution < 1.29 is 8.78 Å². The van der Waals surface area contributed by atoms with Gasteiger partial charge in [0, 0.05) is 25.2 Å². The summed E-state index contributed by atoms with van der Waals surface area (Å²) >= 11 is 0. The second-order valence-electron chi connectivity index (χ2n) is 6.06. The molecule has 1 fully saturated rings. The van der Waals surface area contributed by atoms with Crippen LogP contribution in [0.5, 0.6) is 0 Å². The second kappa shape index (κ2) is 11.6. The normalized spacial score (nSPS) is 18.1. The van der Waals surface area contributed by atoms with Crippen LogP contribution < -0.4 is 10.6 Å². The Morgan fingerprint density at radius 3 is 2.76 bits per heavy atom. The van der Waals surface area contributed by atoms with E-state index in [-0.39, 0.29) is 24.0 Å². The molecule has 1 aromatic carbocycles. The van der Waals surface area contributed by atoms with E-state index in [1.807, 2.05) is 6.92 Å². The SMILES string of the molecule is CCNC(=NCC1CCCN1CC)NCCc1ccc(F)cc1F.I. The number of halogens is 3. The first-order chi connectivity index (χ1) is 11.6. The van der Waals surface area contributed by atoms with Crippen molar-refractivity contribution in [2.45, 2.75) is 39.2 Å². The lowest BCUT2D eigenvalue weighted by Crippen LogP contribution is -2.40. The Hall–Kier alpha value is -0.960. The Morgan fingerprint density at radius 1 is 1.28 bits per heavy atom. The van der Waals surface area contributed by atoms with Gasteiger partial charge in [-0.2, -0.15) is 0 Å². The van der Waals surface area contributed by atoms with Gasteiger partial charge < -0.3 is 10.6 Å². The zero-order valence-corrected chi connectivity index (χ0v) is 17.4. The predicted molar refractivity (Wildman–Crippen MR) is 110 cm³/mol. The van der Waals surface area contributed by atoms with E-state index in [0.29, 0.717) is 24.6 Å². The van der Waals surface area contributed by atoms with Gasteiger partial charge in [-0.15, -0.1) is 24.0 Å². The van der Waals surface area contributed by atoms with Crippen LogP contribution in [-0.4, -0.2) is 49.6 Å². The van der Waals surface area contributed by atoms with E-state index in [0.717, 1.165) is 38.2 Å². The van der Waals surface area contributed by atoms with Crippen LogP contribution in [0.15, 0.2) is 23.2 Å². The molecule has 1 unspecified atom stereocenters. The molecule has 1 aromatic rings. The summed E-state index contributed by atoms with van der Waals surface area (Å²) in [6.07, 6.45) is 2.92. The highest BCUT2D eigenvalue weighted by Gasteiger charge is 2.22. The molecule has 0 aliphatic carbocycles. The fourth-order valence-corrected chi connectivity index (χ4v) is 3.10. The van der Waals surface area contributed by atoms with E-state index < -0.39 is 11.6 Å². The summed E-state index contributed by atoms with van der Waals surface area (Å²) in [5.41, 5.74) is 0.507. The standard InChI is InChI=1S/C18H28F2N4.HI/c1-3-21-18(23-13-16-6-5-11-24(16)4-2)22-10-9-14-7-8-15(19)12-17(14)20;/h7-8,12,16H,3-6,9-11,13H2,1-2H3,(H2,21,22,23);1H. The van der Waals surface area contributed by atoms with Crippen molar-refractivity contribution in [1.82, 2.24) is 15.5 Å². The van der Waals surface area contributed by atoms with E-state index in [4.69, 9.17) is 0 Å². The molecule has 0 aromatic heterocycles. The highest BCUT2D eigenvalue weighted by Crippen LogP contribution is 2.16. The Labute approximate surface area is 166 Å². The second-order valence-corrected chi connectivity index (χ2v) is 6.06. The van der Waals surface area contributed by atoms with Crippen molar-refractivity contribution in [2.24, 2.45) is 4.99 Å². The molecule has 2 rings (SSSR count). The van der Waals surface area contributed by atoms with Crippen molar-refractivity contribution in [3.05, 3.63) is 35.4 Å². The molecule has 2 N–H and O–H groups in total. The number of hydrogen-bond acceptors (Lipinski definition) is 2. The third-order valence-electron chi connectivity index (χ3n) is 4.41. The van der Waals surface area contributed by atoms with Gasteiger partial charge in [-0.3, -0.25) is 9.89 Å². The molecule has 1 aliphatic heterocycles. The molecule has 1 atom stereocenters. The van der Waals surface area contributed by atoms with E-state index in [2.05, 4.69) is 27.4 Å². The fraction of sp³-hybridized carbons (Fsp3) is 0.611. The van der Waals surface area contributed by atoms with Crippen LogP contribution in [0.2, 0.25) is 0 Å². The van der Waals surface area contributed by atoms with Crippen LogP contribution in [0, 0.1) is 11.6 Å². The first-order valence-corrected chi connectivity index (χ1v) is 8.84. The number of hydrogen-bond donors (Lipinski definition) is 2. The van der Waals surface area contributed by atoms with E-state index in [1.165, 1.54) is 25.0 Å². The number of likely N-dealkylation sites (tertiary alicyclic amines) is 1. The van der Waals surface area contributed by atoms with Crippen LogP contribution in [0.3, 0.4) is 0 Å². The van der Waals surface area contributed by atoms with Gasteiger partial charge in [0.15, 0.2) is 5.96 Å². The Balaban J connectivity index is 0.00000312. The van der Waals surface area contributed by atoms with Crippen molar-refractivity contribution in [3.63, 3.8) is 0 Å². The largest absolute Gasteiger partial charge is 0.357 e. The third-order valence-corrected chi connectivity index (χ3v) is 4.41. The minimum Gasteiger partial charge on any atom is -0.357 e. The minimum atomic E-state index is -0.545. The van der Waals surface area contributed by atoms with Crippen molar-refractivity contribution in [1.29, 1.82) is 0 Å². The van der Waals surface area contributed by atoms with Crippen molar-refractivity contribution in [3.8, 4) is 0 Å². The van der Waals surface area contributed by atoms with Gasteiger partial charge in [-0.1, -0.05) is 13.0 Å². The van der Waals surface area contributed by atoms with Crippen LogP contribution in [0.1, 0.15) is 32.3 Å². The van der Waals surface area contributed by atoms with Gasteiger partial charge in [0.1, 0.15) is 11.6 Å². The summed E-state index contributed by atoms with van der Waals surface area (Å²) in [6, 6.07) is 4.22. The maximum atomic E-state index is 13.6. The molecule has 0 saturated carbocycles. The first kappa shape index (κ1) is 22.1. The lowest BCUT2D eigenvalue weighted by atomic mass is 10.1. The third kappa shape index (κ3) is 7.05. The summed E-state index contributed by atoms with van der Waals surface area (Å²) in [5.74, 6) is -0.289. The maximum Gasteiger partial charge on any atom is 0.191 e. The smallest absolute Gasteiger partial charge is 0.191 e. The van der Waals surface area contributed by atoms with Gasteiger partial charge in [0.05, 0.1) is 6.54 Å². The summed E-state index contributed by atoms with van der Waals surface area (Å²) in [6.45, 7) is 8.52. The van der Waals surface area contributed by atoms with E-state index in [1.54, 1.807) is 0 Å². The van der Waals surface area contributed by atoms with Gasteiger partial charge in [0.2, 0.25) is 0 Å². The van der Waals surface area contributed by atoms with Gasteiger partial charge in [-0.05, 0) is 50.9 Å². The summed E-state index contributed by atoms with van der Waals surface area (Å²) in [4.78, 5) is 7.12. The van der Waals surface area contributed by atoms with Crippen molar-refractivity contribution >= 4 is 29.9 Å². The lowest BCUT2D eigenvalue weighted by molar-refractivity contribution is 0.273. The predicted octanol–water partition coefficient (Wildman–Crippen LogP) is 3.16. The summed E-state index contributed by atoms with van der Waals surface area (Å²) in [7, 11) is 0. The quantitative estimate of drug-likeness (QED) is 0.369. The molecule has 1 saturated heterocycles. The summed E-state index contributed by atoms with van der Waals surface area (Å²) in [5, 5.41) is 6.44. The van der Waals surface area contributed by atoms with Gasteiger partial charge >= 0.3 is 0 Å². The molecule has 0 radical (unpaired) electrons. The van der Waals surface area contributed by atoms with Crippen LogP contribution in [0.4, 0.5) is 8.78 Å². The molecule has 4 nitrogen and oxygen atoms in total. The topological polar surface area (TPSA) is 39.7 Å². The molecule has 0 amide bonds. The van der Waals surface area contributed by atoms with Crippen LogP contribution >= 0.6 is 24.0 Å². The number of nitrogens with one attached hydrogen (secondary N) is 2. The van der Waals surface area contributed by atoms with Gasteiger partial charge in [0.25, 0.3) is 0 Å². The molecular formula is C18H29F2IN4. The zero-order valence-electron chi connectivity index (χ0n) is 15.0. The average molecular weight is 466 g/mol. The maximum absolute atomic E-state index is 13.6. The molecular weight excluding hydrogens is 437 g/mol. The fourth-order valence-electron chi connectivity index (χ4n) is 3.10. The molecule has 0 bridgehead atoms. The molecule has 142 valence electrons. The lowest BCUT2D eigenvalue weighted by Gasteiger charge is -2.21. The van der Waals surface area contributed by atoms with Crippen LogP contribution in [0.25, 0.3) is 0 Å². The number of nitrogens with zero attached hydrogens (tertiary/aromatic N) is 2. The highest BCUT2D eigenvalue weighted by molar-refractivity contribution is 14.0. The molecule has 7 heteroatoms. The minimum absolute atomic E-state index is 0. The molecule has 1 heterocycles.